The van der Waals surface area contributed by atoms with Crippen LogP contribution in [-0.4, -0.2) is 41.3 Å². The molecule has 140 valence electrons. The number of hydrogen-bond donors (Lipinski definition) is 1. The summed E-state index contributed by atoms with van der Waals surface area (Å²) in [7, 11) is 2.19. The fourth-order valence-electron chi connectivity index (χ4n) is 6.28. The maximum absolute atomic E-state index is 10.0. The summed E-state index contributed by atoms with van der Waals surface area (Å²) in [5.41, 5.74) is -0.0477. The summed E-state index contributed by atoms with van der Waals surface area (Å²) in [5, 5.41) is 10.0. The number of fused-ring (bicyclic) bond motifs is 4. The Morgan fingerprint density at radius 3 is 2.81 bits per heavy atom. The lowest BCUT2D eigenvalue weighted by Gasteiger charge is -2.50. The quantitative estimate of drug-likeness (QED) is 0.667. The molecule has 3 aliphatic carbocycles. The van der Waals surface area contributed by atoms with Crippen molar-refractivity contribution in [2.24, 2.45) is 34.1 Å². The number of hydrogen-bond acceptors (Lipinski definition) is 4. The number of aliphatic hydroxyl groups excluding tert-OH is 1. The average Bonchev–Trinajstić information content (AvgIpc) is 2.80. The molecule has 0 aromatic heterocycles. The lowest BCUT2D eigenvalue weighted by Crippen LogP contribution is -2.58. The Morgan fingerprint density at radius 2 is 2.00 bits per heavy atom. The third-order valence-corrected chi connectivity index (χ3v) is 7.85. The Labute approximate surface area is 156 Å². The highest BCUT2D eigenvalue weighted by Crippen LogP contribution is 2.58. The van der Waals surface area contributed by atoms with Crippen LogP contribution in [-0.2, 0) is 4.74 Å². The summed E-state index contributed by atoms with van der Waals surface area (Å²) < 4.78 is 6.85. The van der Waals surface area contributed by atoms with E-state index < -0.39 is 5.85 Å². The Morgan fingerprint density at radius 1 is 1.19 bits per heavy atom. The zero-order valence-corrected chi connectivity index (χ0v) is 16.0. The number of aliphatic imine (C=N–C) groups is 1. The fourth-order valence-corrected chi connectivity index (χ4v) is 6.28. The second-order valence-corrected chi connectivity index (χ2v) is 9.32. The first-order valence-electron chi connectivity index (χ1n) is 10.1. The monoisotopic (exact) mass is 354 g/mol. The van der Waals surface area contributed by atoms with Gasteiger partial charge < -0.3 is 9.84 Å². The Bertz CT molecular complexity index is 722. The van der Waals surface area contributed by atoms with E-state index in [0.717, 1.165) is 25.7 Å². The van der Waals surface area contributed by atoms with E-state index in [4.69, 9.17) is 9.73 Å². The lowest BCUT2D eigenvalue weighted by atomic mass is 9.68. The van der Waals surface area contributed by atoms with Gasteiger partial charge in [-0.3, -0.25) is 4.90 Å². The van der Waals surface area contributed by atoms with Gasteiger partial charge in [-0.2, -0.15) is 0 Å². The lowest BCUT2D eigenvalue weighted by molar-refractivity contribution is -0.215. The molecule has 1 spiro atoms. The van der Waals surface area contributed by atoms with Crippen molar-refractivity contribution in [2.75, 3.05) is 7.05 Å². The first-order valence-corrected chi connectivity index (χ1v) is 10.1. The molecule has 0 aromatic carbocycles. The molecule has 4 heteroatoms. The van der Waals surface area contributed by atoms with E-state index in [0.29, 0.717) is 29.6 Å². The van der Waals surface area contributed by atoms with E-state index in [1.807, 2.05) is 0 Å². The van der Waals surface area contributed by atoms with Crippen LogP contribution in [0.15, 0.2) is 41.1 Å². The summed E-state index contributed by atoms with van der Waals surface area (Å²) in [6.07, 6.45) is 17.5. The minimum atomic E-state index is -0.590. The molecule has 7 unspecified atom stereocenters. The van der Waals surface area contributed by atoms with Crippen molar-refractivity contribution in [1.29, 1.82) is 0 Å². The second-order valence-electron chi connectivity index (χ2n) is 9.32. The van der Waals surface area contributed by atoms with E-state index in [-0.39, 0.29) is 17.4 Å². The number of aliphatic hydroxyl groups is 1. The number of likely N-dealkylation sites (tertiary alicyclic amines) is 1. The molecule has 1 saturated heterocycles. The molecule has 5 rings (SSSR count). The summed E-state index contributed by atoms with van der Waals surface area (Å²) in [5.74, 6) is 1.53. The van der Waals surface area contributed by atoms with Gasteiger partial charge in [0.05, 0.1) is 11.9 Å². The fraction of sp³-hybridized carbons (Fsp3) is 0.682. The molecular weight excluding hydrogens is 324 g/mol. The van der Waals surface area contributed by atoms with Crippen molar-refractivity contribution in [3.8, 4) is 0 Å². The van der Waals surface area contributed by atoms with Gasteiger partial charge in [0, 0.05) is 30.0 Å². The van der Waals surface area contributed by atoms with Crippen molar-refractivity contribution < 1.29 is 9.84 Å². The van der Waals surface area contributed by atoms with Crippen LogP contribution in [0.1, 0.15) is 39.5 Å². The number of nitrogens with zero attached hydrogens (tertiary/aromatic N) is 2. The van der Waals surface area contributed by atoms with Crippen LogP contribution in [0.2, 0.25) is 0 Å². The molecule has 1 fully saturated rings. The standard InChI is InChI=1S/C22H30N2O2/c1-21(2)18-6-4-5-7-19(18)24(3)22(21)23-13-17-16-12-15(25)10-8-14(16)9-11-20(17)26-22/h4-5,9,11-14,16-20,25H,6-8,10H2,1-3H3. The molecular formula is C22H30N2O2. The number of allylic oxidation sites excluding steroid dienone is 4. The van der Waals surface area contributed by atoms with Gasteiger partial charge in [-0.1, -0.05) is 38.2 Å². The smallest absolute Gasteiger partial charge is 0.223 e. The molecule has 1 N–H and O–H groups in total. The molecule has 0 radical (unpaired) electrons. The average molecular weight is 354 g/mol. The SMILES string of the molecule is CN1C2CC=CCC2C(C)(C)C12N=CC1C(C=CC3CCC(O)=CC31)O2. The zero-order valence-electron chi connectivity index (χ0n) is 16.0. The highest BCUT2D eigenvalue weighted by Gasteiger charge is 2.65. The first-order chi connectivity index (χ1) is 12.4. The predicted octanol–water partition coefficient (Wildman–Crippen LogP) is 4.07. The molecule has 2 aliphatic heterocycles. The van der Waals surface area contributed by atoms with Gasteiger partial charge in [0.25, 0.3) is 0 Å². The van der Waals surface area contributed by atoms with Gasteiger partial charge in [-0.05, 0) is 50.1 Å². The van der Waals surface area contributed by atoms with Gasteiger partial charge >= 0.3 is 0 Å². The minimum Gasteiger partial charge on any atom is -0.513 e. The topological polar surface area (TPSA) is 45.1 Å². The van der Waals surface area contributed by atoms with E-state index in [9.17, 15) is 5.11 Å². The van der Waals surface area contributed by atoms with Gasteiger partial charge in [-0.15, -0.1) is 0 Å². The third kappa shape index (κ3) is 2.06. The van der Waals surface area contributed by atoms with E-state index in [1.54, 1.807) is 0 Å². The Kier molecular flexibility index (Phi) is 3.58. The number of ether oxygens (including phenoxy) is 1. The minimum absolute atomic E-state index is 0.0331. The predicted molar refractivity (Wildman–Crippen MR) is 103 cm³/mol. The molecule has 0 aromatic rings. The van der Waals surface area contributed by atoms with Gasteiger partial charge in [0.2, 0.25) is 5.85 Å². The van der Waals surface area contributed by atoms with Crippen LogP contribution >= 0.6 is 0 Å². The van der Waals surface area contributed by atoms with E-state index in [2.05, 4.69) is 62.4 Å². The molecule has 7 atom stereocenters. The van der Waals surface area contributed by atoms with Crippen molar-refractivity contribution in [2.45, 2.75) is 57.5 Å². The zero-order chi connectivity index (χ0) is 18.1. The van der Waals surface area contributed by atoms with Crippen molar-refractivity contribution in [3.63, 3.8) is 0 Å². The maximum atomic E-state index is 10.0. The summed E-state index contributed by atoms with van der Waals surface area (Å²) >= 11 is 0. The first kappa shape index (κ1) is 16.8. The van der Waals surface area contributed by atoms with Gasteiger partial charge in [0.1, 0.15) is 0 Å². The molecule has 4 nitrogen and oxygen atoms in total. The molecule has 26 heavy (non-hydrogen) atoms. The summed E-state index contributed by atoms with van der Waals surface area (Å²) in [6, 6.07) is 0.489. The van der Waals surface area contributed by atoms with Crippen LogP contribution in [0.5, 0.6) is 0 Å². The molecule has 0 saturated carbocycles. The molecule has 2 heterocycles. The van der Waals surface area contributed by atoms with E-state index in [1.165, 1.54) is 0 Å². The largest absolute Gasteiger partial charge is 0.513 e. The van der Waals surface area contributed by atoms with Crippen LogP contribution in [0.4, 0.5) is 0 Å². The molecule has 0 amide bonds. The van der Waals surface area contributed by atoms with Crippen LogP contribution in [0, 0.1) is 29.1 Å². The van der Waals surface area contributed by atoms with Crippen molar-refractivity contribution in [1.82, 2.24) is 4.90 Å². The van der Waals surface area contributed by atoms with Crippen LogP contribution in [0.25, 0.3) is 0 Å². The van der Waals surface area contributed by atoms with Crippen LogP contribution in [0.3, 0.4) is 0 Å². The van der Waals surface area contributed by atoms with Crippen molar-refractivity contribution >= 4 is 6.21 Å². The number of rotatable bonds is 0. The Balaban J connectivity index is 1.53. The van der Waals surface area contributed by atoms with E-state index >= 15 is 0 Å². The summed E-state index contributed by atoms with van der Waals surface area (Å²) in [6.45, 7) is 4.65. The summed E-state index contributed by atoms with van der Waals surface area (Å²) in [4.78, 5) is 7.52. The maximum Gasteiger partial charge on any atom is 0.223 e. The highest BCUT2D eigenvalue weighted by atomic mass is 16.5. The van der Waals surface area contributed by atoms with Gasteiger partial charge in [-0.25, -0.2) is 4.99 Å². The van der Waals surface area contributed by atoms with Crippen LogP contribution < -0.4 is 0 Å². The molecule has 0 bridgehead atoms. The normalized spacial score (nSPS) is 48.8. The Hall–Kier alpha value is -1.39. The van der Waals surface area contributed by atoms with Gasteiger partial charge in [0.15, 0.2) is 0 Å². The second kappa shape index (κ2) is 5.56. The molecule has 5 aliphatic rings. The van der Waals surface area contributed by atoms with Crippen molar-refractivity contribution in [3.05, 3.63) is 36.1 Å². The third-order valence-electron chi connectivity index (χ3n) is 7.85. The highest BCUT2D eigenvalue weighted by molar-refractivity contribution is 5.66.